The van der Waals surface area contributed by atoms with Gasteiger partial charge in [-0.15, -0.1) is 48.6 Å². The Labute approximate surface area is 244 Å². The number of benzene rings is 1. The maximum absolute atomic E-state index is 12.9. The number of halogens is 4. The molecule has 0 atom stereocenters. The summed E-state index contributed by atoms with van der Waals surface area (Å²) < 4.78 is 6.40. The maximum Gasteiger partial charge on any atom is 0.254 e. The van der Waals surface area contributed by atoms with Gasteiger partial charge in [0.05, 0.1) is 29.3 Å². The van der Waals surface area contributed by atoms with Crippen molar-refractivity contribution < 1.29 is 9.53 Å². The standard InChI is InChI=1S/C24H29ClN6O2S.3ClH/c25-19-16-28-24(27-4-1-7-30-8-5-26-6-9-30)29-22(19)21-14-17-2-3-18(15-20(17)34-21)23(32)31-10-12-33-13-11-31;;;/h2-3,14-16,26H,1,4-13H2,(H,27,28,29);3*1H. The number of nitrogens with one attached hydrogen (secondary N) is 2. The number of aromatic nitrogens is 2. The van der Waals surface area contributed by atoms with Gasteiger partial charge in [-0.1, -0.05) is 17.7 Å². The van der Waals surface area contributed by atoms with Crippen LogP contribution in [0.4, 0.5) is 5.95 Å². The minimum absolute atomic E-state index is 0. The minimum atomic E-state index is 0. The fourth-order valence-electron chi connectivity index (χ4n) is 4.29. The highest BCUT2D eigenvalue weighted by Gasteiger charge is 2.19. The first-order valence-electron chi connectivity index (χ1n) is 11.8. The van der Waals surface area contributed by atoms with E-state index in [1.54, 1.807) is 17.5 Å². The van der Waals surface area contributed by atoms with Crippen LogP contribution in [0.2, 0.25) is 5.02 Å². The molecule has 3 aromatic rings. The Morgan fingerprint density at radius 3 is 2.62 bits per heavy atom. The number of morpholine rings is 1. The van der Waals surface area contributed by atoms with Gasteiger partial charge in [-0.2, -0.15) is 0 Å². The third-order valence-corrected chi connectivity index (χ3v) is 7.57. The second-order valence-electron chi connectivity index (χ2n) is 8.53. The molecule has 37 heavy (non-hydrogen) atoms. The van der Waals surface area contributed by atoms with E-state index >= 15 is 0 Å². The smallest absolute Gasteiger partial charge is 0.254 e. The van der Waals surface area contributed by atoms with E-state index in [1.165, 1.54) is 0 Å². The van der Waals surface area contributed by atoms with Crippen LogP contribution in [0.1, 0.15) is 16.8 Å². The summed E-state index contributed by atoms with van der Waals surface area (Å²) in [5.74, 6) is 0.632. The first-order chi connectivity index (χ1) is 16.7. The van der Waals surface area contributed by atoms with Crippen molar-refractivity contribution in [3.63, 3.8) is 0 Å². The summed E-state index contributed by atoms with van der Waals surface area (Å²) in [5, 5.41) is 8.30. The molecule has 0 saturated carbocycles. The summed E-state index contributed by atoms with van der Waals surface area (Å²) in [6, 6.07) is 7.92. The molecular formula is C24H32Cl4N6O2S. The molecule has 1 amide bonds. The Bertz CT molecular complexity index is 1160. The molecule has 2 fully saturated rings. The average molecular weight is 610 g/mol. The van der Waals surface area contributed by atoms with Crippen LogP contribution in [0, 0.1) is 0 Å². The Hall–Kier alpha value is -1.43. The topological polar surface area (TPSA) is 82.6 Å². The number of hydrogen-bond acceptors (Lipinski definition) is 8. The number of carbonyl (C=O) groups is 1. The number of piperazine rings is 1. The Morgan fingerprint density at radius 1 is 1.11 bits per heavy atom. The molecule has 1 aromatic carbocycles. The normalized spacial score (nSPS) is 15.9. The van der Waals surface area contributed by atoms with Crippen LogP contribution in [0.3, 0.4) is 0 Å². The van der Waals surface area contributed by atoms with Crippen LogP contribution in [-0.4, -0.2) is 91.2 Å². The SMILES string of the molecule is Cl.Cl.Cl.O=C(c1ccc2cc(-c3nc(NCCCN4CCNCC4)ncc3Cl)sc2c1)N1CCOCC1. The molecular weight excluding hydrogens is 578 g/mol. The van der Waals surface area contributed by atoms with Crippen molar-refractivity contribution in [2.75, 3.05) is 70.9 Å². The molecule has 0 radical (unpaired) electrons. The van der Waals surface area contributed by atoms with Gasteiger partial charge in [0.2, 0.25) is 5.95 Å². The minimum Gasteiger partial charge on any atom is -0.378 e. The largest absolute Gasteiger partial charge is 0.378 e. The molecule has 4 heterocycles. The van der Waals surface area contributed by atoms with E-state index in [2.05, 4.69) is 26.6 Å². The van der Waals surface area contributed by atoms with Crippen LogP contribution in [-0.2, 0) is 4.74 Å². The average Bonchev–Trinajstić information content (AvgIpc) is 3.31. The highest BCUT2D eigenvalue weighted by atomic mass is 35.5. The Balaban J connectivity index is 0.00000160. The second kappa shape index (κ2) is 15.2. The fraction of sp³-hybridized carbons (Fsp3) is 0.458. The molecule has 2 aliphatic heterocycles. The third kappa shape index (κ3) is 8.03. The van der Waals surface area contributed by atoms with Crippen molar-refractivity contribution in [2.24, 2.45) is 0 Å². The predicted octanol–water partition coefficient (Wildman–Crippen LogP) is 4.46. The van der Waals surface area contributed by atoms with Crippen LogP contribution in [0.25, 0.3) is 20.7 Å². The van der Waals surface area contributed by atoms with E-state index in [0.29, 0.717) is 48.5 Å². The van der Waals surface area contributed by atoms with Crippen LogP contribution < -0.4 is 10.6 Å². The summed E-state index contributed by atoms with van der Waals surface area (Å²) in [7, 11) is 0. The van der Waals surface area contributed by atoms with Crippen LogP contribution >= 0.6 is 60.2 Å². The van der Waals surface area contributed by atoms with E-state index < -0.39 is 0 Å². The van der Waals surface area contributed by atoms with Crippen molar-refractivity contribution in [3.8, 4) is 10.6 Å². The lowest BCUT2D eigenvalue weighted by molar-refractivity contribution is 0.0303. The van der Waals surface area contributed by atoms with E-state index in [4.69, 9.17) is 21.3 Å². The summed E-state index contributed by atoms with van der Waals surface area (Å²) in [6.45, 7) is 8.67. The molecule has 2 aliphatic rings. The van der Waals surface area contributed by atoms with Crippen LogP contribution in [0.5, 0.6) is 0 Å². The van der Waals surface area contributed by atoms with Gasteiger partial charge in [-0.05, 0) is 36.6 Å². The molecule has 0 aliphatic carbocycles. The number of rotatable bonds is 7. The number of fused-ring (bicyclic) bond motifs is 1. The quantitative estimate of drug-likeness (QED) is 0.383. The van der Waals surface area contributed by atoms with Gasteiger partial charge in [-0.3, -0.25) is 4.79 Å². The number of anilines is 1. The van der Waals surface area contributed by atoms with Crippen LogP contribution in [0.15, 0.2) is 30.5 Å². The monoisotopic (exact) mass is 608 g/mol. The fourth-order valence-corrected chi connectivity index (χ4v) is 5.65. The summed E-state index contributed by atoms with van der Waals surface area (Å²) in [6.07, 6.45) is 2.68. The van der Waals surface area contributed by atoms with Crippen molar-refractivity contribution in [1.82, 2.24) is 25.1 Å². The highest BCUT2D eigenvalue weighted by Crippen LogP contribution is 2.36. The van der Waals surface area contributed by atoms with Crippen molar-refractivity contribution in [3.05, 3.63) is 41.0 Å². The van der Waals surface area contributed by atoms with Gasteiger partial charge in [-0.25, -0.2) is 9.97 Å². The second-order valence-corrected chi connectivity index (χ2v) is 10.0. The van der Waals surface area contributed by atoms with E-state index in [0.717, 1.165) is 60.7 Å². The van der Waals surface area contributed by atoms with Crippen molar-refractivity contribution >= 4 is 82.1 Å². The van der Waals surface area contributed by atoms with E-state index in [9.17, 15) is 4.79 Å². The van der Waals surface area contributed by atoms with E-state index in [-0.39, 0.29) is 43.1 Å². The molecule has 2 saturated heterocycles. The summed E-state index contributed by atoms with van der Waals surface area (Å²) in [4.78, 5) is 27.2. The van der Waals surface area contributed by atoms with Gasteiger partial charge < -0.3 is 25.2 Å². The molecule has 5 rings (SSSR count). The highest BCUT2D eigenvalue weighted by molar-refractivity contribution is 7.22. The summed E-state index contributed by atoms with van der Waals surface area (Å²) in [5.41, 5.74) is 1.41. The lowest BCUT2D eigenvalue weighted by atomic mass is 10.1. The van der Waals surface area contributed by atoms with Gasteiger partial charge >= 0.3 is 0 Å². The van der Waals surface area contributed by atoms with Gasteiger partial charge in [0.1, 0.15) is 5.69 Å². The first kappa shape index (κ1) is 31.8. The molecule has 0 unspecified atom stereocenters. The lowest BCUT2D eigenvalue weighted by Crippen LogP contribution is -2.44. The maximum atomic E-state index is 12.9. The zero-order valence-corrected chi connectivity index (χ0v) is 24.3. The first-order valence-corrected chi connectivity index (χ1v) is 13.0. The number of hydrogen-bond donors (Lipinski definition) is 2. The molecule has 0 spiro atoms. The molecule has 204 valence electrons. The molecule has 13 heteroatoms. The molecule has 8 nitrogen and oxygen atoms in total. The van der Waals surface area contributed by atoms with Gasteiger partial charge in [0.15, 0.2) is 0 Å². The zero-order valence-electron chi connectivity index (χ0n) is 20.3. The van der Waals surface area contributed by atoms with Gasteiger partial charge in [0, 0.05) is 56.1 Å². The number of thiophene rings is 1. The van der Waals surface area contributed by atoms with Crippen molar-refractivity contribution in [2.45, 2.75) is 6.42 Å². The molecule has 2 N–H and O–H groups in total. The van der Waals surface area contributed by atoms with E-state index in [1.807, 2.05) is 23.1 Å². The number of carbonyl (C=O) groups excluding carboxylic acids is 1. The Kier molecular flexibility index (Phi) is 13.1. The number of ether oxygens (including phenoxy) is 1. The summed E-state index contributed by atoms with van der Waals surface area (Å²) >= 11 is 8.06. The van der Waals surface area contributed by atoms with Crippen molar-refractivity contribution in [1.29, 1.82) is 0 Å². The molecule has 2 aromatic heterocycles. The predicted molar refractivity (Wildman–Crippen MR) is 159 cm³/mol. The number of amides is 1. The van der Waals surface area contributed by atoms with Gasteiger partial charge in [0.25, 0.3) is 5.91 Å². The lowest BCUT2D eigenvalue weighted by Gasteiger charge is -2.27. The molecule has 0 bridgehead atoms. The number of nitrogens with zero attached hydrogens (tertiary/aromatic N) is 4. The third-order valence-electron chi connectivity index (χ3n) is 6.19. The zero-order chi connectivity index (χ0) is 23.3. The Morgan fingerprint density at radius 2 is 1.86 bits per heavy atom.